The lowest BCUT2D eigenvalue weighted by molar-refractivity contribution is 1.14. The third-order valence-corrected chi connectivity index (χ3v) is 3.16. The Labute approximate surface area is 119 Å². The standard InChI is InChI=1S/C13H7Cl2N4/c14-8-1-2-9(11(15)5-8)12-10(6-16-7-19-12)13-17-3-4-18-13/h1-6H,(H,17,18). The van der Waals surface area contributed by atoms with Gasteiger partial charge in [-0.1, -0.05) is 23.2 Å². The fraction of sp³-hybridized carbons (Fsp3) is 0. The third kappa shape index (κ3) is 2.32. The van der Waals surface area contributed by atoms with E-state index in [2.05, 4.69) is 26.3 Å². The summed E-state index contributed by atoms with van der Waals surface area (Å²) >= 11 is 12.1. The van der Waals surface area contributed by atoms with Gasteiger partial charge in [-0.3, -0.25) is 0 Å². The van der Waals surface area contributed by atoms with Crippen molar-refractivity contribution in [3.63, 3.8) is 0 Å². The van der Waals surface area contributed by atoms with E-state index >= 15 is 0 Å². The third-order valence-electron chi connectivity index (χ3n) is 2.61. The molecule has 2 heterocycles. The highest BCUT2D eigenvalue weighted by atomic mass is 35.5. The fourth-order valence-electron chi connectivity index (χ4n) is 1.77. The molecule has 0 aliphatic carbocycles. The smallest absolute Gasteiger partial charge is 0.198 e. The Morgan fingerprint density at radius 1 is 1.16 bits per heavy atom. The first kappa shape index (κ1) is 12.1. The number of nitrogens with zero attached hydrogens (tertiary/aromatic N) is 3. The highest BCUT2D eigenvalue weighted by Gasteiger charge is 2.13. The Balaban J connectivity index is 2.21. The zero-order chi connectivity index (χ0) is 13.2. The van der Waals surface area contributed by atoms with Crippen LogP contribution in [0.1, 0.15) is 0 Å². The van der Waals surface area contributed by atoms with Crippen LogP contribution >= 0.6 is 23.2 Å². The van der Waals surface area contributed by atoms with Gasteiger partial charge in [-0.25, -0.2) is 15.0 Å². The molecule has 0 atom stereocenters. The van der Waals surface area contributed by atoms with Crippen LogP contribution in [0, 0.1) is 6.33 Å². The van der Waals surface area contributed by atoms with Crippen LogP contribution in [0.3, 0.4) is 0 Å². The molecular formula is C13H7Cl2N4. The summed E-state index contributed by atoms with van der Waals surface area (Å²) in [4.78, 5) is 15.3. The summed E-state index contributed by atoms with van der Waals surface area (Å²) in [5.41, 5.74) is 2.18. The lowest BCUT2D eigenvalue weighted by atomic mass is 10.1. The number of imidazole rings is 1. The Hall–Kier alpha value is -1.91. The molecule has 3 aromatic rings. The predicted molar refractivity (Wildman–Crippen MR) is 73.9 cm³/mol. The van der Waals surface area contributed by atoms with Crippen LogP contribution in [-0.2, 0) is 0 Å². The summed E-state index contributed by atoms with van der Waals surface area (Å²) < 4.78 is 0. The summed E-state index contributed by atoms with van der Waals surface area (Å²) in [5, 5.41) is 1.10. The van der Waals surface area contributed by atoms with Crippen molar-refractivity contribution in [1.29, 1.82) is 0 Å². The number of hydrogen-bond acceptors (Lipinski definition) is 3. The van der Waals surface area contributed by atoms with Crippen molar-refractivity contribution in [2.45, 2.75) is 0 Å². The minimum absolute atomic E-state index is 0.521. The van der Waals surface area contributed by atoms with Gasteiger partial charge >= 0.3 is 0 Å². The summed E-state index contributed by atoms with van der Waals surface area (Å²) in [6.07, 6.45) is 7.62. The lowest BCUT2D eigenvalue weighted by Gasteiger charge is -2.07. The number of nitrogens with one attached hydrogen (secondary N) is 1. The van der Waals surface area contributed by atoms with Crippen LogP contribution in [0.25, 0.3) is 22.6 Å². The molecule has 1 aromatic carbocycles. The molecule has 2 aromatic heterocycles. The molecule has 1 radical (unpaired) electrons. The van der Waals surface area contributed by atoms with Gasteiger partial charge in [0, 0.05) is 29.2 Å². The largest absolute Gasteiger partial charge is 0.345 e. The second-order valence-corrected chi connectivity index (χ2v) is 4.64. The Morgan fingerprint density at radius 2 is 2.05 bits per heavy atom. The molecule has 0 bridgehead atoms. The average molecular weight is 290 g/mol. The average Bonchev–Trinajstić information content (AvgIpc) is 2.93. The topological polar surface area (TPSA) is 54.5 Å². The molecule has 0 spiro atoms. The maximum Gasteiger partial charge on any atom is 0.198 e. The van der Waals surface area contributed by atoms with Crippen LogP contribution in [0.4, 0.5) is 0 Å². The quantitative estimate of drug-likeness (QED) is 0.784. The maximum absolute atomic E-state index is 6.21. The maximum atomic E-state index is 6.21. The van der Waals surface area contributed by atoms with Crippen molar-refractivity contribution in [3.8, 4) is 22.6 Å². The van der Waals surface area contributed by atoms with Crippen molar-refractivity contribution in [3.05, 3.63) is 53.2 Å². The molecule has 6 heteroatoms. The van der Waals surface area contributed by atoms with E-state index in [-0.39, 0.29) is 0 Å². The van der Waals surface area contributed by atoms with Gasteiger partial charge in [0.1, 0.15) is 5.82 Å². The number of benzene rings is 1. The molecule has 0 saturated carbocycles. The summed E-state index contributed by atoms with van der Waals surface area (Å²) in [5.74, 6) is 0.676. The summed E-state index contributed by atoms with van der Waals surface area (Å²) in [6, 6.07) is 5.25. The Morgan fingerprint density at radius 3 is 2.79 bits per heavy atom. The Kier molecular flexibility index (Phi) is 3.19. The van der Waals surface area contributed by atoms with Crippen LogP contribution in [0.5, 0.6) is 0 Å². The van der Waals surface area contributed by atoms with Gasteiger partial charge in [-0.15, -0.1) is 0 Å². The van der Waals surface area contributed by atoms with Crippen molar-refractivity contribution < 1.29 is 0 Å². The van der Waals surface area contributed by atoms with Crippen LogP contribution in [0.2, 0.25) is 10.0 Å². The molecule has 1 N–H and O–H groups in total. The molecule has 4 nitrogen and oxygen atoms in total. The molecule has 3 rings (SSSR count). The highest BCUT2D eigenvalue weighted by Crippen LogP contribution is 2.33. The van der Waals surface area contributed by atoms with E-state index in [9.17, 15) is 0 Å². The van der Waals surface area contributed by atoms with Gasteiger partial charge in [0.25, 0.3) is 0 Å². The second kappa shape index (κ2) is 4.99. The molecule has 19 heavy (non-hydrogen) atoms. The first-order chi connectivity index (χ1) is 9.25. The number of H-pyrrole nitrogens is 1. The number of halogens is 2. The summed E-state index contributed by atoms with van der Waals surface area (Å²) in [7, 11) is 0. The Bertz CT molecular complexity index is 710. The minimum atomic E-state index is 0.521. The van der Waals surface area contributed by atoms with E-state index in [4.69, 9.17) is 23.2 Å². The van der Waals surface area contributed by atoms with E-state index in [1.54, 1.807) is 30.7 Å². The van der Waals surface area contributed by atoms with E-state index in [0.717, 1.165) is 11.1 Å². The van der Waals surface area contributed by atoms with Crippen LogP contribution in [0.15, 0.2) is 36.8 Å². The number of rotatable bonds is 2. The fourth-order valence-corrected chi connectivity index (χ4v) is 2.26. The molecule has 0 aliphatic rings. The molecule has 0 unspecified atom stereocenters. The molecule has 0 amide bonds. The minimum Gasteiger partial charge on any atom is -0.345 e. The van der Waals surface area contributed by atoms with Crippen molar-refractivity contribution >= 4 is 23.2 Å². The van der Waals surface area contributed by atoms with E-state index in [0.29, 0.717) is 21.6 Å². The zero-order valence-corrected chi connectivity index (χ0v) is 11.1. The number of hydrogen-bond donors (Lipinski definition) is 1. The van der Waals surface area contributed by atoms with Gasteiger partial charge in [-0.2, -0.15) is 0 Å². The highest BCUT2D eigenvalue weighted by molar-refractivity contribution is 6.36. The molecule has 0 fully saturated rings. The first-order valence-electron chi connectivity index (χ1n) is 5.44. The van der Waals surface area contributed by atoms with Gasteiger partial charge in [0.15, 0.2) is 6.33 Å². The van der Waals surface area contributed by atoms with Crippen LogP contribution in [-0.4, -0.2) is 19.9 Å². The van der Waals surface area contributed by atoms with Crippen molar-refractivity contribution in [2.75, 3.05) is 0 Å². The van der Waals surface area contributed by atoms with Crippen molar-refractivity contribution in [2.24, 2.45) is 0 Å². The second-order valence-electron chi connectivity index (χ2n) is 3.79. The van der Waals surface area contributed by atoms with Gasteiger partial charge in [0.2, 0.25) is 0 Å². The van der Waals surface area contributed by atoms with Crippen LogP contribution < -0.4 is 0 Å². The van der Waals surface area contributed by atoms with Gasteiger partial charge in [-0.05, 0) is 18.2 Å². The van der Waals surface area contributed by atoms with Gasteiger partial charge in [0.05, 0.1) is 16.3 Å². The van der Waals surface area contributed by atoms with Gasteiger partial charge < -0.3 is 4.98 Å². The van der Waals surface area contributed by atoms with Crippen molar-refractivity contribution in [1.82, 2.24) is 19.9 Å². The monoisotopic (exact) mass is 289 g/mol. The normalized spacial score (nSPS) is 10.6. The predicted octanol–water partition coefficient (Wildman–Crippen LogP) is 3.64. The van der Waals surface area contributed by atoms with E-state index in [1.165, 1.54) is 0 Å². The lowest BCUT2D eigenvalue weighted by Crippen LogP contribution is -1.93. The van der Waals surface area contributed by atoms with E-state index < -0.39 is 0 Å². The number of aromatic nitrogens is 4. The number of aromatic amines is 1. The molecule has 0 aliphatic heterocycles. The molecule has 0 saturated heterocycles. The van der Waals surface area contributed by atoms with E-state index in [1.807, 2.05) is 6.07 Å². The zero-order valence-electron chi connectivity index (χ0n) is 9.56. The molecular weight excluding hydrogens is 283 g/mol. The summed E-state index contributed by atoms with van der Waals surface area (Å²) in [6.45, 7) is 0. The SMILES string of the molecule is Clc1ccc(-c2n[c]ncc2-c2ncc[nH]2)c(Cl)c1. The molecule has 93 valence electrons. The first-order valence-corrected chi connectivity index (χ1v) is 6.19.